The molecule has 266 valence electrons. The van der Waals surface area contributed by atoms with Gasteiger partial charge in [0.15, 0.2) is 15.8 Å². The van der Waals surface area contributed by atoms with Crippen LogP contribution in [0.2, 0.25) is 5.02 Å². The molecular weight excluding hydrogens is 734 g/mol. The van der Waals surface area contributed by atoms with Crippen LogP contribution in [0, 0.1) is 10.1 Å². The molecule has 0 unspecified atom stereocenters. The van der Waals surface area contributed by atoms with E-state index in [1.54, 1.807) is 68.6 Å². The second-order valence-electron chi connectivity index (χ2n) is 11.8. The van der Waals surface area contributed by atoms with Crippen molar-refractivity contribution in [3.63, 3.8) is 0 Å². The fourth-order valence-electron chi connectivity index (χ4n) is 6.04. The van der Waals surface area contributed by atoms with Gasteiger partial charge in [-0.2, -0.15) is 0 Å². The lowest BCUT2D eigenvalue weighted by Crippen LogP contribution is -2.40. The Labute approximate surface area is 315 Å². The lowest BCUT2D eigenvalue weighted by Gasteiger charge is -2.25. The number of thiazole rings is 1. The number of ether oxygens (including phenoxy) is 1. The van der Waals surface area contributed by atoms with Crippen molar-refractivity contribution in [3.8, 4) is 17.1 Å². The third-order valence-electron chi connectivity index (χ3n) is 8.52. The second-order valence-corrected chi connectivity index (χ2v) is 14.3. The molecule has 0 bridgehead atoms. The fraction of sp³-hybridized carbons (Fsp3) is 0.132. The maximum Gasteiger partial charge on any atom is 0.271 e. The standard InChI is InChI=1S/C38H30ClN7O5S2/c1-4-44-34(24-11-8-12-26(39)18-24)42-43-38(44)52-30-17-16-28(46(49)50)19-25(30)21-31-36(48)45-33(23-10-9-15-29(20-23)51-3)32(22(2)40-37(45)53-31)35(47)41-27-13-6-5-7-14-27/h5-21,33H,4H2,1-3H3,(H,41,47)/b31-21+/t33-/m1/s1. The molecule has 2 aromatic heterocycles. The summed E-state index contributed by atoms with van der Waals surface area (Å²) in [6, 6.07) is 27.2. The lowest BCUT2D eigenvalue weighted by molar-refractivity contribution is -0.384. The molecule has 15 heteroatoms. The van der Waals surface area contributed by atoms with E-state index in [9.17, 15) is 19.7 Å². The van der Waals surface area contributed by atoms with Crippen molar-refractivity contribution >= 4 is 58.1 Å². The van der Waals surface area contributed by atoms with E-state index in [0.29, 0.717) is 66.1 Å². The molecule has 7 rings (SSSR count). The maximum atomic E-state index is 14.5. The van der Waals surface area contributed by atoms with Gasteiger partial charge in [-0.05, 0) is 85.3 Å². The van der Waals surface area contributed by atoms with Gasteiger partial charge in [0, 0.05) is 39.8 Å². The summed E-state index contributed by atoms with van der Waals surface area (Å²) < 4.78 is 9.19. The van der Waals surface area contributed by atoms with E-state index in [2.05, 4.69) is 15.5 Å². The van der Waals surface area contributed by atoms with Crippen LogP contribution in [-0.2, 0) is 11.3 Å². The van der Waals surface area contributed by atoms with Gasteiger partial charge in [0.2, 0.25) is 0 Å². The number of para-hydroxylation sites is 1. The monoisotopic (exact) mass is 763 g/mol. The van der Waals surface area contributed by atoms with Gasteiger partial charge in [-0.15, -0.1) is 10.2 Å². The zero-order valence-corrected chi connectivity index (χ0v) is 30.9. The number of nitrogens with one attached hydrogen (secondary N) is 1. The zero-order valence-electron chi connectivity index (χ0n) is 28.5. The van der Waals surface area contributed by atoms with Gasteiger partial charge in [-0.1, -0.05) is 65.4 Å². The van der Waals surface area contributed by atoms with Crippen LogP contribution in [0.5, 0.6) is 5.75 Å². The number of hydrogen-bond donors (Lipinski definition) is 1. The number of carbonyl (C=O) groups is 1. The Kier molecular flexibility index (Phi) is 10.1. The molecule has 0 saturated heterocycles. The Morgan fingerprint density at radius 1 is 1.06 bits per heavy atom. The normalized spacial score (nSPS) is 14.1. The summed E-state index contributed by atoms with van der Waals surface area (Å²) in [5, 5.41) is 24.8. The van der Waals surface area contributed by atoms with Gasteiger partial charge < -0.3 is 14.6 Å². The molecule has 0 spiro atoms. The van der Waals surface area contributed by atoms with Crippen LogP contribution in [0.25, 0.3) is 17.5 Å². The second kappa shape index (κ2) is 15.0. The number of nitrogens with zero attached hydrogens (tertiary/aromatic N) is 6. The summed E-state index contributed by atoms with van der Waals surface area (Å²) in [5.41, 5.74) is 2.64. The maximum absolute atomic E-state index is 14.5. The van der Waals surface area contributed by atoms with Crippen LogP contribution in [0.3, 0.4) is 0 Å². The predicted molar refractivity (Wildman–Crippen MR) is 205 cm³/mol. The van der Waals surface area contributed by atoms with Gasteiger partial charge in [-0.25, -0.2) is 4.99 Å². The Morgan fingerprint density at radius 3 is 2.58 bits per heavy atom. The Bertz CT molecular complexity index is 2620. The van der Waals surface area contributed by atoms with Crippen LogP contribution in [0.15, 0.2) is 128 Å². The minimum atomic E-state index is -0.848. The van der Waals surface area contributed by atoms with Crippen molar-refractivity contribution in [2.45, 2.75) is 36.5 Å². The molecule has 1 amide bonds. The molecule has 0 aliphatic carbocycles. The third-order valence-corrected chi connectivity index (χ3v) is 10.8. The van der Waals surface area contributed by atoms with Crippen LogP contribution in [0.4, 0.5) is 11.4 Å². The number of anilines is 1. The van der Waals surface area contributed by atoms with Crippen LogP contribution >= 0.6 is 34.7 Å². The molecule has 3 heterocycles. The first-order valence-electron chi connectivity index (χ1n) is 16.3. The number of allylic oxidation sites excluding steroid dienone is 1. The molecule has 1 N–H and O–H groups in total. The average molecular weight is 764 g/mol. The van der Waals surface area contributed by atoms with E-state index in [4.69, 9.17) is 21.3 Å². The molecule has 1 aliphatic rings. The summed E-state index contributed by atoms with van der Waals surface area (Å²) >= 11 is 8.66. The van der Waals surface area contributed by atoms with Crippen LogP contribution in [-0.4, -0.2) is 37.3 Å². The molecule has 0 fully saturated rings. The van der Waals surface area contributed by atoms with E-state index in [-0.39, 0.29) is 10.2 Å². The molecule has 12 nitrogen and oxygen atoms in total. The number of aromatic nitrogens is 4. The number of benzene rings is 4. The number of methoxy groups -OCH3 is 1. The summed E-state index contributed by atoms with van der Waals surface area (Å²) in [5.74, 6) is 0.766. The molecule has 53 heavy (non-hydrogen) atoms. The molecule has 0 saturated carbocycles. The molecule has 1 aliphatic heterocycles. The largest absolute Gasteiger partial charge is 0.497 e. The van der Waals surface area contributed by atoms with Crippen LogP contribution in [0.1, 0.15) is 31.0 Å². The number of rotatable bonds is 10. The van der Waals surface area contributed by atoms with E-state index in [1.165, 1.54) is 28.5 Å². The number of hydrogen-bond acceptors (Lipinski definition) is 10. The van der Waals surface area contributed by atoms with Crippen molar-refractivity contribution in [2.75, 3.05) is 12.4 Å². The van der Waals surface area contributed by atoms with Crippen molar-refractivity contribution in [1.82, 2.24) is 19.3 Å². The topological polar surface area (TPSA) is 147 Å². The van der Waals surface area contributed by atoms with Gasteiger partial charge in [0.1, 0.15) is 5.75 Å². The highest BCUT2D eigenvalue weighted by Crippen LogP contribution is 2.35. The summed E-state index contributed by atoms with van der Waals surface area (Å²) in [6.07, 6.45) is 1.62. The van der Waals surface area contributed by atoms with E-state index in [0.717, 1.165) is 16.9 Å². The number of nitro benzene ring substituents is 1. The molecule has 1 atom stereocenters. The zero-order chi connectivity index (χ0) is 37.2. The SMILES string of the molecule is CCn1c(Sc2ccc([N+](=O)[O-])cc2/C=c2/sc3n(c2=O)[C@H](c2cccc(OC)c2)C(C(=O)Nc2ccccc2)=C(C)N=3)nnc1-c1cccc(Cl)c1. The number of non-ortho nitro benzene ring substituents is 1. The predicted octanol–water partition coefficient (Wildman–Crippen LogP) is 6.87. The fourth-order valence-corrected chi connectivity index (χ4v) is 8.25. The van der Waals surface area contributed by atoms with E-state index >= 15 is 0 Å². The van der Waals surface area contributed by atoms with Gasteiger partial charge in [-0.3, -0.25) is 24.3 Å². The first kappa shape index (κ1) is 35.6. The van der Waals surface area contributed by atoms with Crippen molar-refractivity contribution < 1.29 is 14.5 Å². The molecule has 0 radical (unpaired) electrons. The molecular formula is C38H30ClN7O5S2. The van der Waals surface area contributed by atoms with E-state index < -0.39 is 22.4 Å². The Morgan fingerprint density at radius 2 is 1.85 bits per heavy atom. The smallest absolute Gasteiger partial charge is 0.271 e. The lowest BCUT2D eigenvalue weighted by atomic mass is 9.95. The van der Waals surface area contributed by atoms with Gasteiger partial charge >= 0.3 is 0 Å². The quantitative estimate of drug-likeness (QED) is 0.118. The highest BCUT2D eigenvalue weighted by molar-refractivity contribution is 7.99. The first-order valence-corrected chi connectivity index (χ1v) is 18.3. The number of amides is 1. The molecule has 4 aromatic carbocycles. The average Bonchev–Trinajstić information content (AvgIpc) is 3.71. The summed E-state index contributed by atoms with van der Waals surface area (Å²) in [7, 11) is 1.55. The number of fused-ring (bicyclic) bond motifs is 1. The van der Waals surface area contributed by atoms with Crippen molar-refractivity contribution in [1.29, 1.82) is 0 Å². The number of carbonyl (C=O) groups excluding carboxylic acids is 1. The Balaban J connectivity index is 1.35. The summed E-state index contributed by atoms with van der Waals surface area (Å²) in [6.45, 7) is 4.25. The number of halogens is 1. The minimum Gasteiger partial charge on any atom is -0.497 e. The highest BCUT2D eigenvalue weighted by atomic mass is 35.5. The minimum absolute atomic E-state index is 0.144. The first-order chi connectivity index (χ1) is 25.6. The van der Waals surface area contributed by atoms with Gasteiger partial charge in [0.25, 0.3) is 17.2 Å². The Hall–Kier alpha value is -5.83. The molecule has 6 aromatic rings. The van der Waals surface area contributed by atoms with Crippen molar-refractivity contribution in [3.05, 3.63) is 154 Å². The van der Waals surface area contributed by atoms with E-state index in [1.807, 2.05) is 47.9 Å². The highest BCUT2D eigenvalue weighted by Gasteiger charge is 2.33. The number of nitro groups is 1. The third kappa shape index (κ3) is 7.16. The van der Waals surface area contributed by atoms with Crippen molar-refractivity contribution in [2.24, 2.45) is 4.99 Å². The van der Waals surface area contributed by atoms with Gasteiger partial charge in [0.05, 0.1) is 33.9 Å². The van der Waals surface area contributed by atoms with Crippen LogP contribution < -0.4 is 24.9 Å². The summed E-state index contributed by atoms with van der Waals surface area (Å²) in [4.78, 5) is 45.6.